The molecule has 0 amide bonds. The highest BCUT2D eigenvalue weighted by Gasteiger charge is 1.97. The Morgan fingerprint density at radius 1 is 0.156 bits per heavy atom. The summed E-state index contributed by atoms with van der Waals surface area (Å²) in [6, 6.07) is 0. The van der Waals surface area contributed by atoms with Crippen molar-refractivity contribution in [2.24, 2.45) is 0 Å². The maximum atomic E-state index is 7.00. The fourth-order valence-corrected chi connectivity index (χ4v) is 5.30. The van der Waals surface area contributed by atoms with Crippen LogP contribution in [-0.4, -0.2) is 12.2 Å². The minimum atomic E-state index is 1.00. The summed E-state index contributed by atoms with van der Waals surface area (Å²) in [6.45, 7) is 0. The largest absolute Gasteiger partial charge is 0.400 e. The quantitative estimate of drug-likeness (QED) is 0.387. The van der Waals surface area contributed by atoms with Crippen LogP contribution in [0.15, 0.2) is 0 Å². The smallest absolute Gasteiger partial charge is 0.0319 e. The molecule has 32 heavy (non-hydrogen) atoms. The first-order valence-electron chi connectivity index (χ1n) is 15.4. The zero-order chi connectivity index (χ0) is 23.2. The Bertz CT molecular complexity index is 154. The van der Waals surface area contributed by atoms with Gasteiger partial charge in [-0.15, -0.1) is 0 Å². The van der Waals surface area contributed by atoms with E-state index in [0.29, 0.717) is 0 Å². The molecule has 3 aliphatic rings. The molecule has 0 aromatic rings. The number of hydrogen-bond donors (Lipinski definition) is 1. The molecule has 3 aliphatic carbocycles. The summed E-state index contributed by atoms with van der Waals surface area (Å²) < 4.78 is 0. The van der Waals surface area contributed by atoms with Gasteiger partial charge in [0.1, 0.15) is 0 Å². The lowest BCUT2D eigenvalue weighted by atomic mass is 10.0. The van der Waals surface area contributed by atoms with E-state index >= 15 is 0 Å². The second kappa shape index (κ2) is 31.0. The first kappa shape index (κ1) is 32.0. The van der Waals surface area contributed by atoms with Gasteiger partial charge in [0.25, 0.3) is 0 Å². The number of aliphatic hydroxyl groups excluding tert-OH is 1. The minimum absolute atomic E-state index is 1.00. The molecule has 0 saturated heterocycles. The Kier molecular flexibility index (Phi) is 30.9. The van der Waals surface area contributed by atoms with E-state index in [9.17, 15) is 0 Å². The van der Waals surface area contributed by atoms with Crippen LogP contribution >= 0.6 is 0 Å². The molecule has 0 radical (unpaired) electrons. The fraction of sp³-hybridized carbons (Fsp3) is 1.00. The van der Waals surface area contributed by atoms with Gasteiger partial charge in [-0.3, -0.25) is 0 Å². The highest BCUT2D eigenvalue weighted by atomic mass is 16.2. The van der Waals surface area contributed by atoms with Crippen molar-refractivity contribution in [2.75, 3.05) is 7.11 Å². The van der Waals surface area contributed by atoms with Crippen molar-refractivity contribution >= 4 is 0 Å². The van der Waals surface area contributed by atoms with Gasteiger partial charge in [0.15, 0.2) is 0 Å². The third kappa shape index (κ3) is 28.0. The Morgan fingerprint density at radius 3 is 0.219 bits per heavy atom. The summed E-state index contributed by atoms with van der Waals surface area (Å²) in [5.74, 6) is 0. The summed E-state index contributed by atoms with van der Waals surface area (Å²) >= 11 is 0. The second-order valence-electron chi connectivity index (χ2n) is 10.6. The predicted molar refractivity (Wildman–Crippen MR) is 147 cm³/mol. The van der Waals surface area contributed by atoms with Crippen LogP contribution in [0, 0.1) is 0 Å². The summed E-state index contributed by atoms with van der Waals surface area (Å²) in [6.07, 6.45) is 45.0. The molecule has 1 N–H and O–H groups in total. The molecule has 0 unspecified atom stereocenters. The maximum absolute atomic E-state index is 7.00. The van der Waals surface area contributed by atoms with Crippen molar-refractivity contribution in [3.05, 3.63) is 0 Å². The molecular weight excluding hydrogens is 388 g/mol. The minimum Gasteiger partial charge on any atom is -0.400 e. The first-order chi connectivity index (χ1) is 16.0. The average molecular weight is 453 g/mol. The van der Waals surface area contributed by atoms with Gasteiger partial charge in [-0.2, -0.15) is 0 Å². The van der Waals surface area contributed by atoms with Crippen LogP contribution < -0.4 is 0 Å². The number of aliphatic hydroxyl groups is 1. The molecule has 0 heterocycles. The summed E-state index contributed by atoms with van der Waals surface area (Å²) in [4.78, 5) is 0. The van der Waals surface area contributed by atoms with Crippen molar-refractivity contribution < 1.29 is 5.11 Å². The zero-order valence-electron chi connectivity index (χ0n) is 22.7. The van der Waals surface area contributed by atoms with Crippen LogP contribution in [0.1, 0.15) is 193 Å². The van der Waals surface area contributed by atoms with E-state index in [1.54, 1.807) is 0 Å². The molecule has 3 fully saturated rings. The van der Waals surface area contributed by atoms with Crippen LogP contribution in [-0.2, 0) is 0 Å². The van der Waals surface area contributed by atoms with E-state index < -0.39 is 0 Å². The monoisotopic (exact) mass is 452 g/mol. The van der Waals surface area contributed by atoms with Gasteiger partial charge in [-0.25, -0.2) is 0 Å². The van der Waals surface area contributed by atoms with E-state index in [1.165, 1.54) is 193 Å². The normalized spacial score (nSPS) is 22.7. The van der Waals surface area contributed by atoms with E-state index in [4.69, 9.17) is 5.11 Å². The van der Waals surface area contributed by atoms with Gasteiger partial charge in [0, 0.05) is 7.11 Å². The molecule has 3 rings (SSSR count). The Balaban J connectivity index is 0.000000433. The van der Waals surface area contributed by atoms with Crippen LogP contribution in [0.2, 0.25) is 0 Å². The highest BCUT2D eigenvalue weighted by Crippen LogP contribution is 2.17. The van der Waals surface area contributed by atoms with Gasteiger partial charge in [-0.1, -0.05) is 193 Å². The zero-order valence-corrected chi connectivity index (χ0v) is 22.7. The molecule has 0 aromatic heterocycles. The van der Waals surface area contributed by atoms with Gasteiger partial charge in [0.05, 0.1) is 0 Å². The van der Waals surface area contributed by atoms with Crippen LogP contribution in [0.4, 0.5) is 0 Å². The number of hydrogen-bond acceptors (Lipinski definition) is 1. The van der Waals surface area contributed by atoms with Crippen molar-refractivity contribution in [1.29, 1.82) is 0 Å². The van der Waals surface area contributed by atoms with Gasteiger partial charge >= 0.3 is 0 Å². The van der Waals surface area contributed by atoms with Crippen LogP contribution in [0.3, 0.4) is 0 Å². The molecular formula is C31H64O. The number of rotatable bonds is 0. The maximum Gasteiger partial charge on any atom is 0.0319 e. The van der Waals surface area contributed by atoms with Crippen molar-refractivity contribution in [3.8, 4) is 0 Å². The third-order valence-corrected chi connectivity index (χ3v) is 7.50. The third-order valence-electron chi connectivity index (χ3n) is 7.50. The lowest BCUT2D eigenvalue weighted by molar-refractivity contribution is 0.399. The lowest BCUT2D eigenvalue weighted by Crippen LogP contribution is -1.85. The molecule has 0 spiro atoms. The first-order valence-corrected chi connectivity index (χ1v) is 15.4. The predicted octanol–water partition coefficient (Wildman–Crippen LogP) is 11.3. The van der Waals surface area contributed by atoms with Crippen molar-refractivity contribution in [1.82, 2.24) is 0 Å². The fourth-order valence-electron chi connectivity index (χ4n) is 5.30. The van der Waals surface area contributed by atoms with E-state index in [0.717, 1.165) is 7.11 Å². The lowest BCUT2D eigenvalue weighted by Gasteiger charge is -2.05. The van der Waals surface area contributed by atoms with Crippen molar-refractivity contribution in [3.63, 3.8) is 0 Å². The van der Waals surface area contributed by atoms with Gasteiger partial charge in [-0.05, 0) is 0 Å². The molecule has 1 heteroatoms. The molecule has 0 aromatic carbocycles. The highest BCUT2D eigenvalue weighted by molar-refractivity contribution is 4.53. The molecule has 0 atom stereocenters. The van der Waals surface area contributed by atoms with Gasteiger partial charge in [0.2, 0.25) is 0 Å². The van der Waals surface area contributed by atoms with Gasteiger partial charge < -0.3 is 5.11 Å². The average Bonchev–Trinajstić information content (AvgIpc) is 2.87. The molecule has 0 aliphatic heterocycles. The second-order valence-corrected chi connectivity index (χ2v) is 10.6. The summed E-state index contributed by atoms with van der Waals surface area (Å²) in [7, 11) is 1.00. The Hall–Kier alpha value is -0.0400. The molecule has 1 nitrogen and oxygen atoms in total. The summed E-state index contributed by atoms with van der Waals surface area (Å²) in [5, 5.41) is 7.00. The van der Waals surface area contributed by atoms with Crippen LogP contribution in [0.25, 0.3) is 0 Å². The Morgan fingerprint density at radius 2 is 0.188 bits per heavy atom. The Labute approximate surface area is 204 Å². The molecule has 194 valence electrons. The van der Waals surface area contributed by atoms with Crippen molar-refractivity contribution in [2.45, 2.75) is 193 Å². The molecule has 0 bridgehead atoms. The van der Waals surface area contributed by atoms with E-state index in [1.807, 2.05) is 0 Å². The topological polar surface area (TPSA) is 20.2 Å². The van der Waals surface area contributed by atoms with E-state index in [-0.39, 0.29) is 0 Å². The molecule has 3 saturated carbocycles. The standard InChI is InChI=1S/3C10H20.CH4O/c3*1-2-4-6-8-10-9-7-5-3-1;1-2/h3*1-10H2;2H,1H3. The SMILES string of the molecule is C1CCCCCCCCC1.C1CCCCCCCCC1.C1CCCCCCCCC1.CO. The summed E-state index contributed by atoms with van der Waals surface area (Å²) in [5.41, 5.74) is 0. The van der Waals surface area contributed by atoms with E-state index in [2.05, 4.69) is 0 Å². The van der Waals surface area contributed by atoms with Crippen LogP contribution in [0.5, 0.6) is 0 Å².